The minimum atomic E-state index is -0.684. The SMILES string of the molecule is CCN(CC)C(C(=O)N1CCC[C@H]1c1ncc(-c2ccc(-c3ccc(-c4cnc([C@@H]5CCCN5C(=O)[C@H](CC(=O)OC)c5ccccc5)[nH]4)c(F)c3)cc2)[nH]1)c1ccccc1. The van der Waals surface area contributed by atoms with E-state index in [1.165, 1.54) is 13.2 Å². The molecule has 11 nitrogen and oxygen atoms in total. The molecule has 4 aromatic carbocycles. The number of hydrogen-bond acceptors (Lipinski definition) is 7. The van der Waals surface area contributed by atoms with Crippen molar-refractivity contribution in [1.82, 2.24) is 34.6 Å². The number of H-pyrrole nitrogens is 2. The number of hydrogen-bond donors (Lipinski definition) is 2. The van der Waals surface area contributed by atoms with Crippen molar-refractivity contribution in [2.45, 2.75) is 70.0 Å². The zero-order valence-corrected chi connectivity index (χ0v) is 34.9. The molecule has 8 rings (SSSR count). The molecule has 12 heteroatoms. The lowest BCUT2D eigenvalue weighted by Gasteiger charge is -2.34. The number of ether oxygens (including phenoxy) is 1. The molecular formula is C49H52FN7O4. The topological polar surface area (TPSA) is 128 Å². The van der Waals surface area contributed by atoms with Gasteiger partial charge in [0, 0.05) is 18.7 Å². The van der Waals surface area contributed by atoms with E-state index in [0.29, 0.717) is 36.6 Å². The first-order valence-electron chi connectivity index (χ1n) is 21.3. The zero-order chi connectivity index (χ0) is 42.5. The van der Waals surface area contributed by atoms with Crippen LogP contribution in [0.5, 0.6) is 0 Å². The molecule has 0 saturated carbocycles. The van der Waals surface area contributed by atoms with Gasteiger partial charge in [0.05, 0.1) is 55.3 Å². The fourth-order valence-corrected chi connectivity index (χ4v) is 9.05. The monoisotopic (exact) mass is 821 g/mol. The number of benzene rings is 4. The lowest BCUT2D eigenvalue weighted by molar-refractivity contribution is -0.145. The predicted molar refractivity (Wildman–Crippen MR) is 232 cm³/mol. The van der Waals surface area contributed by atoms with Gasteiger partial charge >= 0.3 is 5.97 Å². The molecule has 6 aromatic rings. The van der Waals surface area contributed by atoms with E-state index in [2.05, 4.69) is 33.7 Å². The first kappa shape index (κ1) is 41.3. The van der Waals surface area contributed by atoms with Gasteiger partial charge in [-0.15, -0.1) is 0 Å². The van der Waals surface area contributed by atoms with Gasteiger partial charge in [0.15, 0.2) is 0 Å². The molecule has 4 atom stereocenters. The number of esters is 1. The number of aromatic nitrogens is 4. The van der Waals surface area contributed by atoms with E-state index in [4.69, 9.17) is 9.72 Å². The lowest BCUT2D eigenvalue weighted by Crippen LogP contribution is -2.43. The molecule has 2 saturated heterocycles. The zero-order valence-electron chi connectivity index (χ0n) is 34.9. The molecule has 314 valence electrons. The molecule has 2 amide bonds. The maximum absolute atomic E-state index is 15.9. The van der Waals surface area contributed by atoms with Gasteiger partial charge < -0.3 is 24.5 Å². The normalized spacial score (nSPS) is 17.5. The summed E-state index contributed by atoms with van der Waals surface area (Å²) in [5.41, 5.74) is 6.01. The number of nitrogens with zero attached hydrogens (tertiary/aromatic N) is 5. The summed E-state index contributed by atoms with van der Waals surface area (Å²) in [6, 6.07) is 31.5. The van der Waals surface area contributed by atoms with Crippen LogP contribution in [0.4, 0.5) is 4.39 Å². The number of methoxy groups -OCH3 is 1. The Balaban J connectivity index is 0.950. The summed E-state index contributed by atoms with van der Waals surface area (Å²) in [4.78, 5) is 62.7. The van der Waals surface area contributed by atoms with Crippen LogP contribution >= 0.6 is 0 Å². The Labute approximate surface area is 356 Å². The molecular weight excluding hydrogens is 770 g/mol. The van der Waals surface area contributed by atoms with Gasteiger partial charge in [-0.2, -0.15) is 0 Å². The highest BCUT2D eigenvalue weighted by atomic mass is 19.1. The van der Waals surface area contributed by atoms with Crippen molar-refractivity contribution in [3.63, 3.8) is 0 Å². The van der Waals surface area contributed by atoms with Gasteiger partial charge in [0.25, 0.3) is 0 Å². The van der Waals surface area contributed by atoms with Gasteiger partial charge in [-0.25, -0.2) is 14.4 Å². The molecule has 2 N–H and O–H groups in total. The number of carbonyl (C=O) groups excluding carboxylic acids is 3. The highest BCUT2D eigenvalue weighted by Gasteiger charge is 2.39. The number of nitrogens with one attached hydrogen (secondary N) is 2. The van der Waals surface area contributed by atoms with Crippen LogP contribution in [0.2, 0.25) is 0 Å². The first-order chi connectivity index (χ1) is 29.8. The van der Waals surface area contributed by atoms with Crippen LogP contribution in [0.3, 0.4) is 0 Å². The Morgan fingerprint density at radius 3 is 1.85 bits per heavy atom. The maximum atomic E-state index is 15.9. The van der Waals surface area contributed by atoms with Gasteiger partial charge in [-0.3, -0.25) is 19.3 Å². The summed E-state index contributed by atoms with van der Waals surface area (Å²) >= 11 is 0. The fourth-order valence-electron chi connectivity index (χ4n) is 9.05. The van der Waals surface area contributed by atoms with E-state index in [-0.39, 0.29) is 36.4 Å². The minimum Gasteiger partial charge on any atom is -0.469 e. The largest absolute Gasteiger partial charge is 0.469 e. The highest BCUT2D eigenvalue weighted by Crippen LogP contribution is 2.38. The number of aromatic amines is 2. The molecule has 4 heterocycles. The van der Waals surface area contributed by atoms with E-state index in [1.54, 1.807) is 17.2 Å². The molecule has 2 fully saturated rings. The van der Waals surface area contributed by atoms with Crippen molar-refractivity contribution in [3.8, 4) is 33.6 Å². The second kappa shape index (κ2) is 18.5. The van der Waals surface area contributed by atoms with Crippen molar-refractivity contribution >= 4 is 17.8 Å². The number of likely N-dealkylation sites (N-methyl/N-ethyl adjacent to an activating group) is 1. The van der Waals surface area contributed by atoms with E-state index >= 15 is 4.39 Å². The summed E-state index contributed by atoms with van der Waals surface area (Å²) < 4.78 is 20.8. The molecule has 2 aliphatic rings. The first-order valence-corrected chi connectivity index (χ1v) is 21.3. The summed E-state index contributed by atoms with van der Waals surface area (Å²) in [5.74, 6) is -0.247. The number of halogens is 1. The van der Waals surface area contributed by atoms with Crippen LogP contribution in [0.1, 0.15) is 92.8 Å². The smallest absolute Gasteiger partial charge is 0.306 e. The second-order valence-electron chi connectivity index (χ2n) is 15.8. The minimum absolute atomic E-state index is 0.0628. The van der Waals surface area contributed by atoms with Crippen LogP contribution in [0.25, 0.3) is 33.6 Å². The van der Waals surface area contributed by atoms with Crippen LogP contribution in [-0.2, 0) is 19.1 Å². The van der Waals surface area contributed by atoms with Crippen molar-refractivity contribution in [3.05, 3.63) is 144 Å². The molecule has 0 aliphatic carbocycles. The van der Waals surface area contributed by atoms with Crippen molar-refractivity contribution in [2.75, 3.05) is 33.3 Å². The van der Waals surface area contributed by atoms with Gasteiger partial charge in [-0.05, 0) is 78.7 Å². The summed E-state index contributed by atoms with van der Waals surface area (Å²) in [7, 11) is 1.32. The third-order valence-corrected chi connectivity index (χ3v) is 12.3. The Hall–Kier alpha value is -6.40. The molecule has 0 bridgehead atoms. The number of amides is 2. The standard InChI is InChI=1S/C49H52FN7O4/c1-4-55(5-2)45(35-16-10-7-11-17-35)49(60)57-27-13-19-43(57)46-51-30-40(53-46)34-22-20-32(21-23-34)36-24-25-37(39(50)28-36)41-31-52-47(54-41)42-18-12-26-56(42)48(59)38(29-44(58)61-3)33-14-8-6-9-15-33/h6-11,14-17,20-25,28,30-31,38,42-43,45H,4-5,12-13,18-19,26-27,29H2,1-3H3,(H,51,53)(H,52,54)/t38-,42+,43+,45?/m1/s1. The third kappa shape index (κ3) is 8.63. The lowest BCUT2D eigenvalue weighted by atomic mass is 9.94. The Morgan fingerprint density at radius 1 is 0.721 bits per heavy atom. The molecule has 2 aliphatic heterocycles. The average molecular weight is 822 g/mol. The molecule has 61 heavy (non-hydrogen) atoms. The van der Waals surface area contributed by atoms with Crippen molar-refractivity contribution in [1.29, 1.82) is 0 Å². The van der Waals surface area contributed by atoms with E-state index in [9.17, 15) is 14.4 Å². The van der Waals surface area contributed by atoms with Crippen LogP contribution < -0.4 is 0 Å². The number of imidazole rings is 2. The quantitative estimate of drug-likeness (QED) is 0.105. The van der Waals surface area contributed by atoms with E-state index in [1.807, 2.05) is 102 Å². The third-order valence-electron chi connectivity index (χ3n) is 12.3. The highest BCUT2D eigenvalue weighted by molar-refractivity contribution is 5.89. The van der Waals surface area contributed by atoms with Crippen LogP contribution in [0, 0.1) is 5.82 Å². The summed E-state index contributed by atoms with van der Waals surface area (Å²) in [6.07, 6.45) is 6.59. The second-order valence-corrected chi connectivity index (χ2v) is 15.8. The number of carbonyl (C=O) groups is 3. The van der Waals surface area contributed by atoms with Gasteiger partial charge in [0.1, 0.15) is 23.5 Å². The number of rotatable bonds is 14. The predicted octanol–water partition coefficient (Wildman–Crippen LogP) is 9.03. The maximum Gasteiger partial charge on any atom is 0.306 e. The van der Waals surface area contributed by atoms with E-state index < -0.39 is 17.7 Å². The number of likely N-dealkylation sites (tertiary alicyclic amines) is 2. The molecule has 1 unspecified atom stereocenters. The van der Waals surface area contributed by atoms with Gasteiger partial charge in [-0.1, -0.05) is 105 Å². The summed E-state index contributed by atoms with van der Waals surface area (Å²) in [6.45, 7) is 6.94. The van der Waals surface area contributed by atoms with Crippen molar-refractivity contribution in [2.24, 2.45) is 0 Å². The Kier molecular flexibility index (Phi) is 12.5. The molecule has 0 radical (unpaired) electrons. The van der Waals surface area contributed by atoms with Crippen LogP contribution in [-0.4, -0.2) is 85.7 Å². The van der Waals surface area contributed by atoms with Gasteiger partial charge in [0.2, 0.25) is 11.8 Å². The van der Waals surface area contributed by atoms with Crippen LogP contribution in [0.15, 0.2) is 116 Å². The molecule has 2 aromatic heterocycles. The Morgan fingerprint density at radius 2 is 1.26 bits per heavy atom. The fraction of sp³-hybridized carbons (Fsp3) is 0.327. The van der Waals surface area contributed by atoms with Crippen molar-refractivity contribution < 1.29 is 23.5 Å². The Bertz CT molecular complexity index is 2450. The summed E-state index contributed by atoms with van der Waals surface area (Å²) in [5, 5.41) is 0. The van der Waals surface area contributed by atoms with E-state index in [0.717, 1.165) is 71.7 Å². The average Bonchev–Trinajstić information content (AvgIpc) is 4.15. The molecule has 0 spiro atoms.